The smallest absolute Gasteiger partial charge is 0.308 e. The van der Waals surface area contributed by atoms with Crippen LogP contribution >= 0.6 is 0 Å². The fourth-order valence-corrected chi connectivity index (χ4v) is 4.33. The van der Waals surface area contributed by atoms with Crippen molar-refractivity contribution in [2.75, 3.05) is 13.1 Å². The molecule has 1 aliphatic carbocycles. The van der Waals surface area contributed by atoms with Gasteiger partial charge in [-0.15, -0.1) is 0 Å². The molecular weight excluding hydrogens is 338 g/mol. The van der Waals surface area contributed by atoms with E-state index < -0.39 is 11.9 Å². The highest BCUT2D eigenvalue weighted by atomic mass is 16.4. The zero-order valence-electron chi connectivity index (χ0n) is 15.5. The van der Waals surface area contributed by atoms with E-state index in [4.69, 9.17) is 0 Å². The molecule has 1 atom stereocenters. The minimum atomic E-state index is -0.786. The van der Waals surface area contributed by atoms with Crippen LogP contribution in [0.3, 0.4) is 0 Å². The van der Waals surface area contributed by atoms with E-state index >= 15 is 0 Å². The Morgan fingerprint density at radius 3 is 2.74 bits per heavy atom. The molecule has 1 amide bonds. The number of aryl methyl sites for hydroxylation is 1. The van der Waals surface area contributed by atoms with Crippen LogP contribution in [0.2, 0.25) is 0 Å². The van der Waals surface area contributed by atoms with Crippen LogP contribution < -0.4 is 0 Å². The highest BCUT2D eigenvalue weighted by Gasteiger charge is 2.27. The zero-order chi connectivity index (χ0) is 18.8. The fourth-order valence-electron chi connectivity index (χ4n) is 4.33. The van der Waals surface area contributed by atoms with Crippen molar-refractivity contribution in [2.45, 2.75) is 38.5 Å². The first-order valence-electron chi connectivity index (χ1n) is 9.82. The van der Waals surface area contributed by atoms with Crippen LogP contribution in [0.4, 0.5) is 0 Å². The van der Waals surface area contributed by atoms with Crippen molar-refractivity contribution in [1.82, 2.24) is 4.90 Å². The molecule has 1 saturated heterocycles. The molecule has 0 bridgehead atoms. The van der Waals surface area contributed by atoms with E-state index in [-0.39, 0.29) is 5.91 Å². The van der Waals surface area contributed by atoms with E-state index in [9.17, 15) is 14.7 Å². The molecule has 1 heterocycles. The Morgan fingerprint density at radius 1 is 1.07 bits per heavy atom. The number of carbonyl (C=O) groups is 2. The van der Waals surface area contributed by atoms with Gasteiger partial charge in [0, 0.05) is 19.5 Å². The van der Waals surface area contributed by atoms with E-state index in [1.54, 1.807) is 4.90 Å². The maximum Gasteiger partial charge on any atom is 0.308 e. The fraction of sp³-hybridized carbons (Fsp3) is 0.391. The second-order valence-corrected chi connectivity index (χ2v) is 7.70. The molecule has 0 radical (unpaired) electrons. The number of hydrogen-bond acceptors (Lipinski definition) is 2. The number of piperidine rings is 1. The van der Waals surface area contributed by atoms with Gasteiger partial charge in [0.05, 0.1) is 5.92 Å². The van der Waals surface area contributed by atoms with Gasteiger partial charge in [0.25, 0.3) is 0 Å². The standard InChI is InChI=1S/C23H25NO3/c25-22(24-12-4-7-19(15-24)23(26)27)9-3-5-16-10-11-18-14-17-6-1-2-8-20(17)21(18)13-16/h1-2,6,8,10-11,13,19H,3-5,7,9,12,14-15H2,(H,26,27). The minimum Gasteiger partial charge on any atom is -0.481 e. The molecule has 2 aromatic carbocycles. The topological polar surface area (TPSA) is 57.6 Å². The summed E-state index contributed by atoms with van der Waals surface area (Å²) in [6.07, 6.45) is 4.62. The first-order valence-corrected chi connectivity index (χ1v) is 9.82. The van der Waals surface area contributed by atoms with Crippen LogP contribution in [0.5, 0.6) is 0 Å². The summed E-state index contributed by atoms with van der Waals surface area (Å²) in [6.45, 7) is 1.06. The molecule has 1 fully saturated rings. The summed E-state index contributed by atoms with van der Waals surface area (Å²) < 4.78 is 0. The van der Waals surface area contributed by atoms with E-state index in [1.807, 2.05) is 0 Å². The number of carboxylic acids is 1. The number of rotatable bonds is 5. The van der Waals surface area contributed by atoms with Crippen LogP contribution in [0.15, 0.2) is 42.5 Å². The zero-order valence-corrected chi connectivity index (χ0v) is 15.5. The van der Waals surface area contributed by atoms with Crippen molar-refractivity contribution >= 4 is 11.9 Å². The maximum absolute atomic E-state index is 12.4. The predicted octanol–water partition coefficient (Wildman–Crippen LogP) is 3.90. The van der Waals surface area contributed by atoms with Crippen LogP contribution in [0.25, 0.3) is 11.1 Å². The molecule has 0 aromatic heterocycles. The molecule has 4 nitrogen and oxygen atoms in total. The average molecular weight is 363 g/mol. The molecule has 2 aromatic rings. The van der Waals surface area contributed by atoms with Crippen molar-refractivity contribution in [1.29, 1.82) is 0 Å². The van der Waals surface area contributed by atoms with E-state index in [0.29, 0.717) is 25.9 Å². The number of carbonyl (C=O) groups excluding carboxylic acids is 1. The van der Waals surface area contributed by atoms with Crippen LogP contribution in [0.1, 0.15) is 42.4 Å². The predicted molar refractivity (Wildman–Crippen MR) is 105 cm³/mol. The van der Waals surface area contributed by atoms with Crippen molar-refractivity contribution in [3.8, 4) is 11.1 Å². The summed E-state index contributed by atoms with van der Waals surface area (Å²) in [5, 5.41) is 9.17. The Bertz CT molecular complexity index is 874. The summed E-state index contributed by atoms with van der Waals surface area (Å²) in [5.74, 6) is -1.10. The summed E-state index contributed by atoms with van der Waals surface area (Å²) in [6, 6.07) is 15.2. The van der Waals surface area contributed by atoms with Crippen LogP contribution in [-0.2, 0) is 22.4 Å². The molecule has 2 aliphatic rings. The second-order valence-electron chi connectivity index (χ2n) is 7.70. The molecule has 1 unspecified atom stereocenters. The van der Waals surface area contributed by atoms with E-state index in [2.05, 4.69) is 42.5 Å². The number of amides is 1. The van der Waals surface area contributed by atoms with Gasteiger partial charge in [-0.2, -0.15) is 0 Å². The third kappa shape index (κ3) is 3.75. The van der Waals surface area contributed by atoms with Gasteiger partial charge in [-0.3, -0.25) is 9.59 Å². The lowest BCUT2D eigenvalue weighted by atomic mass is 9.97. The summed E-state index contributed by atoms with van der Waals surface area (Å²) in [5.41, 5.74) is 6.69. The van der Waals surface area contributed by atoms with Crippen molar-refractivity contribution < 1.29 is 14.7 Å². The molecular formula is C23H25NO3. The Labute approximate surface area is 159 Å². The quantitative estimate of drug-likeness (QED) is 0.748. The van der Waals surface area contributed by atoms with Gasteiger partial charge in [-0.05, 0) is 59.9 Å². The van der Waals surface area contributed by atoms with Gasteiger partial charge in [0.1, 0.15) is 0 Å². The Hall–Kier alpha value is -2.62. The molecule has 0 spiro atoms. The Kier molecular flexibility index (Phi) is 4.97. The number of nitrogens with zero attached hydrogens (tertiary/aromatic N) is 1. The molecule has 140 valence electrons. The number of aliphatic carboxylic acids is 1. The third-order valence-electron chi connectivity index (χ3n) is 5.84. The summed E-state index contributed by atoms with van der Waals surface area (Å²) in [4.78, 5) is 25.3. The van der Waals surface area contributed by atoms with Crippen molar-refractivity contribution in [3.05, 3.63) is 59.2 Å². The summed E-state index contributed by atoms with van der Waals surface area (Å²) >= 11 is 0. The van der Waals surface area contributed by atoms with Crippen molar-refractivity contribution in [2.24, 2.45) is 5.92 Å². The van der Waals surface area contributed by atoms with E-state index in [0.717, 1.165) is 25.7 Å². The Balaban J connectivity index is 1.34. The number of likely N-dealkylation sites (tertiary alicyclic amines) is 1. The van der Waals surface area contributed by atoms with Crippen LogP contribution in [-0.4, -0.2) is 35.0 Å². The molecule has 1 N–H and O–H groups in total. The molecule has 0 saturated carbocycles. The third-order valence-corrected chi connectivity index (χ3v) is 5.84. The van der Waals surface area contributed by atoms with Crippen molar-refractivity contribution in [3.63, 3.8) is 0 Å². The SMILES string of the molecule is O=C(O)C1CCCN(C(=O)CCCc2ccc3c(c2)-c2ccccc2C3)C1. The monoisotopic (exact) mass is 363 g/mol. The average Bonchev–Trinajstić information content (AvgIpc) is 3.06. The minimum absolute atomic E-state index is 0.0902. The van der Waals surface area contributed by atoms with E-state index in [1.165, 1.54) is 27.8 Å². The first-order chi connectivity index (χ1) is 13.1. The number of hydrogen-bond donors (Lipinski definition) is 1. The van der Waals surface area contributed by atoms with Gasteiger partial charge >= 0.3 is 5.97 Å². The van der Waals surface area contributed by atoms with Gasteiger partial charge in [-0.1, -0.05) is 42.5 Å². The van der Waals surface area contributed by atoms with Gasteiger partial charge in [-0.25, -0.2) is 0 Å². The highest BCUT2D eigenvalue weighted by Crippen LogP contribution is 2.37. The Morgan fingerprint density at radius 2 is 1.89 bits per heavy atom. The normalized spacial score (nSPS) is 18.1. The lowest BCUT2D eigenvalue weighted by Gasteiger charge is -2.30. The lowest BCUT2D eigenvalue weighted by Crippen LogP contribution is -2.42. The lowest BCUT2D eigenvalue weighted by molar-refractivity contribution is -0.145. The number of benzene rings is 2. The molecule has 4 heteroatoms. The van der Waals surface area contributed by atoms with Gasteiger partial charge < -0.3 is 10.0 Å². The summed E-state index contributed by atoms with van der Waals surface area (Å²) in [7, 11) is 0. The number of carboxylic acid groups (broad SMARTS) is 1. The van der Waals surface area contributed by atoms with Gasteiger partial charge in [0.15, 0.2) is 0 Å². The van der Waals surface area contributed by atoms with Gasteiger partial charge in [0.2, 0.25) is 5.91 Å². The highest BCUT2D eigenvalue weighted by molar-refractivity contribution is 5.78. The number of fused-ring (bicyclic) bond motifs is 3. The van der Waals surface area contributed by atoms with Crippen LogP contribution in [0, 0.1) is 5.92 Å². The molecule has 1 aliphatic heterocycles. The molecule has 27 heavy (non-hydrogen) atoms. The first kappa shape index (κ1) is 17.8. The second kappa shape index (κ2) is 7.55. The maximum atomic E-state index is 12.4. The molecule has 4 rings (SSSR count). The largest absolute Gasteiger partial charge is 0.481 e.